The fourth-order valence-electron chi connectivity index (χ4n) is 3.14. The van der Waals surface area contributed by atoms with Gasteiger partial charge in [0.2, 0.25) is 5.78 Å². The van der Waals surface area contributed by atoms with E-state index in [-0.39, 0.29) is 18.0 Å². The number of rotatable bonds is 6. The zero-order chi connectivity index (χ0) is 22.8. The van der Waals surface area contributed by atoms with Crippen molar-refractivity contribution in [2.75, 3.05) is 7.11 Å². The average molecular weight is 474 g/mol. The number of nitrogens with zero attached hydrogens (tertiary/aromatic N) is 1. The minimum absolute atomic E-state index is 0.0805. The Morgan fingerprint density at radius 1 is 1.16 bits per heavy atom. The molecule has 0 unspecified atom stereocenters. The van der Waals surface area contributed by atoms with E-state index in [4.69, 9.17) is 41.9 Å². The van der Waals surface area contributed by atoms with Crippen molar-refractivity contribution in [1.29, 1.82) is 0 Å². The first-order chi connectivity index (χ1) is 15.4. The van der Waals surface area contributed by atoms with Crippen molar-refractivity contribution in [1.82, 2.24) is 5.16 Å². The van der Waals surface area contributed by atoms with E-state index >= 15 is 0 Å². The molecule has 164 valence electrons. The van der Waals surface area contributed by atoms with Crippen molar-refractivity contribution >= 4 is 41.0 Å². The predicted molar refractivity (Wildman–Crippen MR) is 118 cm³/mol. The Bertz CT molecular complexity index is 1250. The van der Waals surface area contributed by atoms with Gasteiger partial charge in [-0.3, -0.25) is 9.59 Å². The third-order valence-corrected chi connectivity index (χ3v) is 5.56. The van der Waals surface area contributed by atoms with Crippen molar-refractivity contribution in [3.05, 3.63) is 74.7 Å². The number of benzene rings is 2. The first-order valence-electron chi connectivity index (χ1n) is 9.59. The number of methoxy groups -OCH3 is 1. The van der Waals surface area contributed by atoms with Gasteiger partial charge in [0.15, 0.2) is 5.76 Å². The monoisotopic (exact) mass is 473 g/mol. The topological polar surface area (TPSA) is 87.9 Å². The Morgan fingerprint density at radius 3 is 2.69 bits per heavy atom. The Labute approximate surface area is 193 Å². The normalized spacial score (nSPS) is 13.8. The molecule has 2 aromatic carbocycles. The van der Waals surface area contributed by atoms with Crippen LogP contribution < -0.4 is 14.2 Å². The molecular formula is C23H17Cl2NO6. The van der Waals surface area contributed by atoms with Gasteiger partial charge in [-0.1, -0.05) is 29.3 Å². The number of halogens is 2. The summed E-state index contributed by atoms with van der Waals surface area (Å²) in [6.07, 6.45) is 1.98. The molecule has 0 radical (unpaired) electrons. The molecule has 0 spiro atoms. The third-order valence-electron chi connectivity index (χ3n) is 4.82. The number of Topliss-reactive ketones (excluding diaryl/α,β-unsaturated/α-hetero) is 1. The minimum Gasteiger partial charge on any atom is -0.479 e. The molecule has 0 saturated carbocycles. The van der Waals surface area contributed by atoms with Crippen LogP contribution in [0.2, 0.25) is 10.0 Å². The summed E-state index contributed by atoms with van der Waals surface area (Å²) in [7, 11) is 1.48. The van der Waals surface area contributed by atoms with Crippen LogP contribution in [-0.2, 0) is 11.2 Å². The summed E-state index contributed by atoms with van der Waals surface area (Å²) < 4.78 is 21.3. The molecule has 0 atom stereocenters. The van der Waals surface area contributed by atoms with Gasteiger partial charge in [-0.05, 0) is 48.0 Å². The fourth-order valence-corrected chi connectivity index (χ4v) is 3.45. The SMILES string of the molecule is COc1cc(CCC(=O)Oc2ccc3c(c2C)O/C(=C\c2ccc(Cl)c(Cl)c2)C3=O)on1. The molecular weight excluding hydrogens is 457 g/mol. The number of ketones is 1. The van der Waals surface area contributed by atoms with Gasteiger partial charge >= 0.3 is 5.97 Å². The van der Waals surface area contributed by atoms with Crippen LogP contribution >= 0.6 is 23.2 Å². The first kappa shape index (κ1) is 21.9. The molecule has 0 fully saturated rings. The molecule has 32 heavy (non-hydrogen) atoms. The summed E-state index contributed by atoms with van der Waals surface area (Å²) in [5, 5.41) is 4.48. The molecule has 9 heteroatoms. The van der Waals surface area contributed by atoms with Gasteiger partial charge in [0.05, 0.1) is 29.1 Å². The van der Waals surface area contributed by atoms with Gasteiger partial charge in [0.1, 0.15) is 17.3 Å². The summed E-state index contributed by atoms with van der Waals surface area (Å²) in [4.78, 5) is 25.0. The zero-order valence-electron chi connectivity index (χ0n) is 17.1. The fraction of sp³-hybridized carbons (Fsp3) is 0.174. The number of fused-ring (bicyclic) bond motifs is 1. The van der Waals surface area contributed by atoms with Gasteiger partial charge in [-0.2, -0.15) is 0 Å². The lowest BCUT2D eigenvalue weighted by molar-refractivity contribution is -0.134. The minimum atomic E-state index is -0.459. The molecule has 0 aliphatic carbocycles. The highest BCUT2D eigenvalue weighted by Crippen LogP contribution is 2.39. The zero-order valence-corrected chi connectivity index (χ0v) is 18.6. The van der Waals surface area contributed by atoms with E-state index in [2.05, 4.69) is 5.16 Å². The predicted octanol–water partition coefficient (Wildman–Crippen LogP) is 5.45. The number of hydrogen-bond donors (Lipinski definition) is 0. The second-order valence-electron chi connectivity index (χ2n) is 6.99. The van der Waals surface area contributed by atoms with Crippen molar-refractivity contribution in [3.63, 3.8) is 0 Å². The molecule has 0 bridgehead atoms. The van der Waals surface area contributed by atoms with Crippen LogP contribution in [-0.4, -0.2) is 24.0 Å². The number of allylic oxidation sites excluding steroid dienone is 1. The van der Waals surface area contributed by atoms with Gasteiger partial charge in [-0.25, -0.2) is 0 Å². The number of aryl methyl sites for hydroxylation is 1. The molecule has 1 aliphatic heterocycles. The molecule has 0 amide bonds. The number of aromatic nitrogens is 1. The summed E-state index contributed by atoms with van der Waals surface area (Å²) in [5.41, 5.74) is 1.61. The van der Waals surface area contributed by atoms with E-state index in [0.717, 1.165) is 0 Å². The highest BCUT2D eigenvalue weighted by atomic mass is 35.5. The van der Waals surface area contributed by atoms with Crippen molar-refractivity contribution in [2.24, 2.45) is 0 Å². The maximum atomic E-state index is 12.7. The quantitative estimate of drug-likeness (QED) is 0.267. The number of hydrogen-bond acceptors (Lipinski definition) is 7. The number of carbonyl (C=O) groups excluding carboxylic acids is 2. The molecule has 7 nitrogen and oxygen atoms in total. The lowest BCUT2D eigenvalue weighted by Gasteiger charge is -2.09. The third kappa shape index (κ3) is 4.49. The van der Waals surface area contributed by atoms with Crippen LogP contribution in [0, 0.1) is 6.92 Å². The maximum absolute atomic E-state index is 12.7. The summed E-state index contributed by atoms with van der Waals surface area (Å²) >= 11 is 12.0. The van der Waals surface area contributed by atoms with Crippen LogP contribution in [0.1, 0.15) is 33.7 Å². The van der Waals surface area contributed by atoms with E-state index in [0.29, 0.717) is 56.3 Å². The van der Waals surface area contributed by atoms with Crippen LogP contribution in [0.4, 0.5) is 0 Å². The summed E-state index contributed by atoms with van der Waals surface area (Å²) in [5.74, 6) is 0.929. The van der Waals surface area contributed by atoms with E-state index in [1.807, 2.05) is 0 Å². The Hall–Kier alpha value is -3.29. The van der Waals surface area contributed by atoms with Gasteiger partial charge < -0.3 is 18.7 Å². The van der Waals surface area contributed by atoms with E-state index in [9.17, 15) is 9.59 Å². The Morgan fingerprint density at radius 2 is 1.97 bits per heavy atom. The van der Waals surface area contributed by atoms with Gasteiger partial charge in [-0.15, -0.1) is 0 Å². The standard InChI is InChI=1S/C23H17Cl2NO6/c1-12-18(30-21(27)8-4-14-11-20(29-2)26-32-14)7-5-15-22(28)19(31-23(12)15)10-13-3-6-16(24)17(25)9-13/h3,5-7,9-11H,4,8H2,1-2H3/b19-10-. The van der Waals surface area contributed by atoms with Crippen molar-refractivity contribution < 1.29 is 28.3 Å². The molecule has 4 rings (SSSR count). The molecule has 3 aromatic rings. The highest BCUT2D eigenvalue weighted by molar-refractivity contribution is 6.42. The van der Waals surface area contributed by atoms with Crippen LogP contribution in [0.5, 0.6) is 17.4 Å². The average Bonchev–Trinajstić information content (AvgIpc) is 3.36. The second-order valence-corrected chi connectivity index (χ2v) is 7.80. The van der Waals surface area contributed by atoms with Gasteiger partial charge in [0, 0.05) is 18.1 Å². The number of esters is 1. The smallest absolute Gasteiger partial charge is 0.311 e. The largest absolute Gasteiger partial charge is 0.479 e. The molecule has 0 N–H and O–H groups in total. The molecule has 1 aliphatic rings. The summed E-state index contributed by atoms with van der Waals surface area (Å²) in [6.45, 7) is 1.72. The summed E-state index contributed by atoms with van der Waals surface area (Å²) in [6, 6.07) is 9.76. The van der Waals surface area contributed by atoms with Crippen LogP contribution in [0.15, 0.2) is 46.7 Å². The second kappa shape index (κ2) is 9.06. The highest BCUT2D eigenvalue weighted by Gasteiger charge is 2.30. The number of carbonyl (C=O) groups is 2. The molecule has 1 aromatic heterocycles. The van der Waals surface area contributed by atoms with Crippen molar-refractivity contribution in [3.8, 4) is 17.4 Å². The van der Waals surface area contributed by atoms with Gasteiger partial charge in [0.25, 0.3) is 5.88 Å². The van der Waals surface area contributed by atoms with Crippen LogP contribution in [0.25, 0.3) is 6.08 Å². The Balaban J connectivity index is 1.47. The number of ether oxygens (including phenoxy) is 3. The first-order valence-corrected chi connectivity index (χ1v) is 10.3. The van der Waals surface area contributed by atoms with Crippen molar-refractivity contribution in [2.45, 2.75) is 19.8 Å². The lowest BCUT2D eigenvalue weighted by Crippen LogP contribution is -2.10. The lowest BCUT2D eigenvalue weighted by atomic mass is 10.1. The van der Waals surface area contributed by atoms with E-state index in [1.165, 1.54) is 7.11 Å². The van der Waals surface area contributed by atoms with E-state index < -0.39 is 5.97 Å². The van der Waals surface area contributed by atoms with Crippen LogP contribution in [0.3, 0.4) is 0 Å². The maximum Gasteiger partial charge on any atom is 0.311 e. The Kier molecular flexibility index (Phi) is 6.21. The molecule has 0 saturated heterocycles. The van der Waals surface area contributed by atoms with E-state index in [1.54, 1.807) is 49.4 Å². The molecule has 2 heterocycles.